The summed E-state index contributed by atoms with van der Waals surface area (Å²) in [5, 5.41) is 9.97. The van der Waals surface area contributed by atoms with Crippen molar-refractivity contribution in [3.05, 3.63) is 30.1 Å². The summed E-state index contributed by atoms with van der Waals surface area (Å²) >= 11 is 1.61. The minimum absolute atomic E-state index is 0.208. The molecule has 0 bridgehead atoms. The van der Waals surface area contributed by atoms with Gasteiger partial charge in [-0.05, 0) is 43.0 Å². The molecule has 1 aromatic carbocycles. The van der Waals surface area contributed by atoms with E-state index in [9.17, 15) is 9.50 Å². The molecule has 16 heavy (non-hydrogen) atoms. The Morgan fingerprint density at radius 1 is 1.25 bits per heavy atom. The highest BCUT2D eigenvalue weighted by molar-refractivity contribution is 7.99. The first-order valence-electron chi connectivity index (χ1n) is 5.82. The molecule has 1 nitrogen and oxygen atoms in total. The Morgan fingerprint density at radius 3 is 2.50 bits per heavy atom. The van der Waals surface area contributed by atoms with Crippen LogP contribution in [0.1, 0.15) is 25.7 Å². The zero-order valence-electron chi connectivity index (χ0n) is 9.23. The summed E-state index contributed by atoms with van der Waals surface area (Å²) in [7, 11) is 0. The Morgan fingerprint density at radius 2 is 1.88 bits per heavy atom. The van der Waals surface area contributed by atoms with Crippen LogP contribution >= 0.6 is 11.8 Å². The van der Waals surface area contributed by atoms with Gasteiger partial charge in [0.15, 0.2) is 0 Å². The van der Waals surface area contributed by atoms with Crippen molar-refractivity contribution in [1.82, 2.24) is 0 Å². The molecule has 1 atom stereocenters. The lowest BCUT2D eigenvalue weighted by Crippen LogP contribution is -2.20. The van der Waals surface area contributed by atoms with E-state index >= 15 is 0 Å². The number of aliphatic hydroxyl groups excluding tert-OH is 1. The van der Waals surface area contributed by atoms with Crippen molar-refractivity contribution in [2.75, 3.05) is 5.75 Å². The lowest BCUT2D eigenvalue weighted by atomic mass is 10.0. The van der Waals surface area contributed by atoms with E-state index in [4.69, 9.17) is 0 Å². The monoisotopic (exact) mass is 240 g/mol. The van der Waals surface area contributed by atoms with Gasteiger partial charge in [0.1, 0.15) is 5.82 Å². The summed E-state index contributed by atoms with van der Waals surface area (Å²) in [5.74, 6) is 0.990. The van der Waals surface area contributed by atoms with Gasteiger partial charge in [-0.2, -0.15) is 0 Å². The average molecular weight is 240 g/mol. The van der Waals surface area contributed by atoms with E-state index in [0.717, 1.165) is 23.5 Å². The predicted octanol–water partition coefficient (Wildman–Crippen LogP) is 3.47. The van der Waals surface area contributed by atoms with Gasteiger partial charge >= 0.3 is 0 Å². The molecule has 1 fully saturated rings. The van der Waals surface area contributed by atoms with Crippen molar-refractivity contribution in [3.8, 4) is 0 Å². The third kappa shape index (κ3) is 3.22. The molecule has 3 heteroatoms. The Balaban J connectivity index is 1.80. The molecule has 0 amide bonds. The molecule has 1 aliphatic rings. The topological polar surface area (TPSA) is 20.2 Å². The van der Waals surface area contributed by atoms with Gasteiger partial charge in [-0.15, -0.1) is 11.8 Å². The number of rotatable bonds is 4. The van der Waals surface area contributed by atoms with Gasteiger partial charge in [-0.1, -0.05) is 12.8 Å². The summed E-state index contributed by atoms with van der Waals surface area (Å²) in [6, 6.07) is 6.46. The van der Waals surface area contributed by atoms with Crippen LogP contribution in [0, 0.1) is 11.7 Å². The predicted molar refractivity (Wildman–Crippen MR) is 65.1 cm³/mol. The first-order valence-corrected chi connectivity index (χ1v) is 6.81. The Hall–Kier alpha value is -0.540. The second-order valence-corrected chi connectivity index (χ2v) is 5.47. The van der Waals surface area contributed by atoms with Gasteiger partial charge in [0.2, 0.25) is 0 Å². The van der Waals surface area contributed by atoms with E-state index in [1.165, 1.54) is 25.0 Å². The standard InChI is InChI=1S/C13H17FOS/c14-11-5-7-12(8-6-11)16-9-13(15)10-3-1-2-4-10/h5-8,10,13,15H,1-4,9H2. The van der Waals surface area contributed by atoms with Crippen LogP contribution in [0.25, 0.3) is 0 Å². The van der Waals surface area contributed by atoms with Crippen LogP contribution in [0.2, 0.25) is 0 Å². The number of hydrogen-bond acceptors (Lipinski definition) is 2. The van der Waals surface area contributed by atoms with Crippen LogP contribution in [-0.4, -0.2) is 17.0 Å². The fourth-order valence-electron chi connectivity index (χ4n) is 2.19. The lowest BCUT2D eigenvalue weighted by molar-refractivity contribution is 0.133. The number of hydrogen-bond donors (Lipinski definition) is 1. The van der Waals surface area contributed by atoms with Crippen molar-refractivity contribution in [2.45, 2.75) is 36.7 Å². The zero-order chi connectivity index (χ0) is 11.4. The van der Waals surface area contributed by atoms with Crippen molar-refractivity contribution < 1.29 is 9.50 Å². The number of benzene rings is 1. The number of thioether (sulfide) groups is 1. The average Bonchev–Trinajstić information content (AvgIpc) is 2.81. The zero-order valence-corrected chi connectivity index (χ0v) is 10.0. The molecule has 0 spiro atoms. The molecule has 2 rings (SSSR count). The largest absolute Gasteiger partial charge is 0.392 e. The molecule has 0 aliphatic heterocycles. The summed E-state index contributed by atoms with van der Waals surface area (Å²) in [6.07, 6.45) is 4.61. The molecule has 1 unspecified atom stereocenters. The molecule has 1 aliphatic carbocycles. The fraction of sp³-hybridized carbons (Fsp3) is 0.538. The van der Waals surface area contributed by atoms with Gasteiger partial charge in [0.05, 0.1) is 6.10 Å². The molecular formula is C13H17FOS. The highest BCUT2D eigenvalue weighted by Crippen LogP contribution is 2.30. The second kappa shape index (κ2) is 5.69. The number of halogens is 1. The molecule has 0 heterocycles. The molecule has 1 aromatic rings. The van der Waals surface area contributed by atoms with Crippen LogP contribution in [0.4, 0.5) is 4.39 Å². The van der Waals surface area contributed by atoms with E-state index in [-0.39, 0.29) is 11.9 Å². The van der Waals surface area contributed by atoms with Crippen LogP contribution in [0.5, 0.6) is 0 Å². The maximum atomic E-state index is 12.7. The molecule has 1 saturated carbocycles. The van der Waals surface area contributed by atoms with Crippen molar-refractivity contribution in [1.29, 1.82) is 0 Å². The lowest BCUT2D eigenvalue weighted by Gasteiger charge is -2.16. The second-order valence-electron chi connectivity index (χ2n) is 4.38. The van der Waals surface area contributed by atoms with E-state index in [2.05, 4.69) is 0 Å². The minimum Gasteiger partial charge on any atom is -0.392 e. The highest BCUT2D eigenvalue weighted by atomic mass is 32.2. The Labute approximate surface area is 100 Å². The van der Waals surface area contributed by atoms with E-state index in [1.807, 2.05) is 0 Å². The summed E-state index contributed by atoms with van der Waals surface area (Å²) in [6.45, 7) is 0. The van der Waals surface area contributed by atoms with Crippen LogP contribution in [-0.2, 0) is 0 Å². The summed E-state index contributed by atoms with van der Waals surface area (Å²) in [4.78, 5) is 1.03. The van der Waals surface area contributed by atoms with Crippen molar-refractivity contribution in [3.63, 3.8) is 0 Å². The van der Waals surface area contributed by atoms with Crippen molar-refractivity contribution >= 4 is 11.8 Å². The Bertz CT molecular complexity index is 319. The van der Waals surface area contributed by atoms with Crippen LogP contribution < -0.4 is 0 Å². The van der Waals surface area contributed by atoms with Crippen LogP contribution in [0.15, 0.2) is 29.2 Å². The first kappa shape index (κ1) is 11.9. The molecule has 1 N–H and O–H groups in total. The first-order chi connectivity index (χ1) is 7.75. The van der Waals surface area contributed by atoms with E-state index in [1.54, 1.807) is 23.9 Å². The SMILES string of the molecule is OC(CSc1ccc(F)cc1)C1CCCC1. The van der Waals surface area contributed by atoms with E-state index in [0.29, 0.717) is 5.92 Å². The summed E-state index contributed by atoms with van der Waals surface area (Å²) < 4.78 is 12.7. The maximum Gasteiger partial charge on any atom is 0.123 e. The van der Waals surface area contributed by atoms with Gasteiger partial charge in [0, 0.05) is 10.6 Å². The molecule has 0 radical (unpaired) electrons. The third-order valence-electron chi connectivity index (χ3n) is 3.18. The van der Waals surface area contributed by atoms with Crippen LogP contribution in [0.3, 0.4) is 0 Å². The smallest absolute Gasteiger partial charge is 0.123 e. The van der Waals surface area contributed by atoms with Gasteiger partial charge in [0.25, 0.3) is 0 Å². The molecule has 88 valence electrons. The van der Waals surface area contributed by atoms with Gasteiger partial charge in [-0.25, -0.2) is 4.39 Å². The molecule has 0 aromatic heterocycles. The van der Waals surface area contributed by atoms with Gasteiger partial charge in [-0.3, -0.25) is 0 Å². The normalized spacial score (nSPS) is 18.9. The fourth-order valence-corrected chi connectivity index (χ4v) is 3.15. The minimum atomic E-state index is -0.211. The number of aliphatic hydroxyl groups is 1. The third-order valence-corrected chi connectivity index (χ3v) is 4.29. The van der Waals surface area contributed by atoms with Gasteiger partial charge < -0.3 is 5.11 Å². The summed E-state index contributed by atoms with van der Waals surface area (Å²) in [5.41, 5.74) is 0. The quantitative estimate of drug-likeness (QED) is 0.813. The molecular weight excluding hydrogens is 223 g/mol. The maximum absolute atomic E-state index is 12.7. The highest BCUT2D eigenvalue weighted by Gasteiger charge is 2.22. The molecule has 0 saturated heterocycles. The Kier molecular flexibility index (Phi) is 4.24. The van der Waals surface area contributed by atoms with Crippen molar-refractivity contribution in [2.24, 2.45) is 5.92 Å². The van der Waals surface area contributed by atoms with E-state index < -0.39 is 0 Å².